The normalized spacial score (nSPS) is 12.9. The van der Waals surface area contributed by atoms with Crippen LogP contribution in [0.15, 0.2) is 0 Å². The molecule has 0 aromatic carbocycles. The highest BCUT2D eigenvalue weighted by molar-refractivity contribution is 5.39. The smallest absolute Gasteiger partial charge is 0.312 e. The maximum atomic E-state index is 10.6. The van der Waals surface area contributed by atoms with E-state index in [1.807, 2.05) is 0 Å². The summed E-state index contributed by atoms with van der Waals surface area (Å²) in [4.78, 5) is 10.2. The van der Waals surface area contributed by atoms with Crippen molar-refractivity contribution in [3.8, 4) is 0 Å². The van der Waals surface area contributed by atoms with Gasteiger partial charge in [0.15, 0.2) is 0 Å². The first-order valence-electron chi connectivity index (χ1n) is 4.30. The zero-order chi connectivity index (χ0) is 10.9. The number of aryl methyl sites for hydroxylation is 1. The van der Waals surface area contributed by atoms with Crippen LogP contribution in [0.25, 0.3) is 0 Å². The molecule has 6 nitrogen and oxygen atoms in total. The third-order valence-corrected chi connectivity index (χ3v) is 1.96. The molecule has 14 heavy (non-hydrogen) atoms. The van der Waals surface area contributed by atoms with Gasteiger partial charge in [-0.1, -0.05) is 0 Å². The van der Waals surface area contributed by atoms with Crippen LogP contribution in [0.2, 0.25) is 0 Å². The quantitative estimate of drug-likeness (QED) is 0.576. The molecule has 0 amide bonds. The molecule has 1 aromatic rings. The maximum absolute atomic E-state index is 10.6. The molecule has 1 rings (SSSR count). The van der Waals surface area contributed by atoms with E-state index in [0.717, 1.165) is 0 Å². The largest absolute Gasteiger partial charge is 0.391 e. The Kier molecular flexibility index (Phi) is 2.85. The summed E-state index contributed by atoms with van der Waals surface area (Å²) in [6.45, 7) is 5.10. The van der Waals surface area contributed by atoms with Crippen LogP contribution in [0.4, 0.5) is 5.69 Å². The van der Waals surface area contributed by atoms with Crippen molar-refractivity contribution in [3.05, 3.63) is 21.5 Å². The summed E-state index contributed by atoms with van der Waals surface area (Å²) < 4.78 is 1.46. The summed E-state index contributed by atoms with van der Waals surface area (Å²) in [5.74, 6) is 0. The molecular weight excluding hydrogens is 186 g/mol. The van der Waals surface area contributed by atoms with E-state index in [4.69, 9.17) is 5.11 Å². The van der Waals surface area contributed by atoms with Crippen molar-refractivity contribution in [1.82, 2.24) is 9.78 Å². The Morgan fingerprint density at radius 1 is 1.64 bits per heavy atom. The van der Waals surface area contributed by atoms with Crippen LogP contribution in [0, 0.1) is 24.0 Å². The summed E-state index contributed by atoms with van der Waals surface area (Å²) in [6.07, 6.45) is -0.562. The van der Waals surface area contributed by atoms with Gasteiger partial charge in [0, 0.05) is 0 Å². The van der Waals surface area contributed by atoms with Gasteiger partial charge >= 0.3 is 5.69 Å². The highest BCUT2D eigenvalue weighted by atomic mass is 16.6. The number of rotatable bonds is 3. The van der Waals surface area contributed by atoms with E-state index in [9.17, 15) is 10.1 Å². The Morgan fingerprint density at radius 2 is 2.21 bits per heavy atom. The Labute approximate surface area is 81.3 Å². The Bertz CT molecular complexity index is 357. The van der Waals surface area contributed by atoms with E-state index in [1.165, 1.54) is 4.68 Å². The SMILES string of the molecule is Cc1nn(C[C@H](C)O)c(C)c1[N+](=O)[O-]. The van der Waals surface area contributed by atoms with E-state index in [2.05, 4.69) is 5.10 Å². The highest BCUT2D eigenvalue weighted by Gasteiger charge is 2.21. The van der Waals surface area contributed by atoms with Crippen LogP contribution >= 0.6 is 0 Å². The molecule has 0 spiro atoms. The second kappa shape index (κ2) is 3.75. The summed E-state index contributed by atoms with van der Waals surface area (Å²) in [7, 11) is 0. The average molecular weight is 199 g/mol. The number of nitro groups is 1. The first-order chi connectivity index (χ1) is 6.43. The Hall–Kier alpha value is -1.43. The predicted molar refractivity (Wildman–Crippen MR) is 50.0 cm³/mol. The number of nitrogens with zero attached hydrogens (tertiary/aromatic N) is 3. The van der Waals surface area contributed by atoms with Crippen molar-refractivity contribution in [1.29, 1.82) is 0 Å². The number of aliphatic hydroxyl groups excluding tert-OH is 1. The van der Waals surface area contributed by atoms with Gasteiger partial charge in [-0.15, -0.1) is 0 Å². The number of aromatic nitrogens is 2. The number of aliphatic hydroxyl groups is 1. The molecule has 0 radical (unpaired) electrons. The van der Waals surface area contributed by atoms with E-state index < -0.39 is 11.0 Å². The zero-order valence-corrected chi connectivity index (χ0v) is 8.39. The molecule has 0 bridgehead atoms. The fourth-order valence-electron chi connectivity index (χ4n) is 1.38. The predicted octanol–water partition coefficient (Wildman–Crippen LogP) is 0.789. The molecule has 0 saturated carbocycles. The van der Waals surface area contributed by atoms with Crippen LogP contribution in [0.3, 0.4) is 0 Å². The standard InChI is InChI=1S/C8H13N3O3/c1-5(12)4-10-7(3)8(11(13)14)6(2)9-10/h5,12H,4H2,1-3H3/t5-/m0/s1. The third-order valence-electron chi connectivity index (χ3n) is 1.96. The monoisotopic (exact) mass is 199 g/mol. The lowest BCUT2D eigenvalue weighted by Gasteiger charge is -2.04. The van der Waals surface area contributed by atoms with Crippen molar-refractivity contribution in [2.24, 2.45) is 0 Å². The van der Waals surface area contributed by atoms with Crippen LogP contribution in [-0.2, 0) is 6.54 Å². The molecule has 6 heteroatoms. The van der Waals surface area contributed by atoms with Gasteiger partial charge in [0.25, 0.3) is 0 Å². The third kappa shape index (κ3) is 1.90. The van der Waals surface area contributed by atoms with Gasteiger partial charge in [0.05, 0.1) is 17.6 Å². The second-order valence-corrected chi connectivity index (χ2v) is 3.31. The fraction of sp³-hybridized carbons (Fsp3) is 0.625. The van der Waals surface area contributed by atoms with Gasteiger partial charge in [-0.05, 0) is 20.8 Å². The van der Waals surface area contributed by atoms with Crippen molar-refractivity contribution < 1.29 is 10.0 Å². The van der Waals surface area contributed by atoms with Gasteiger partial charge in [-0.3, -0.25) is 14.8 Å². The molecule has 1 N–H and O–H groups in total. The van der Waals surface area contributed by atoms with Gasteiger partial charge in [-0.25, -0.2) is 0 Å². The zero-order valence-electron chi connectivity index (χ0n) is 8.39. The fourth-order valence-corrected chi connectivity index (χ4v) is 1.38. The van der Waals surface area contributed by atoms with Crippen LogP contribution in [0.1, 0.15) is 18.3 Å². The molecule has 1 aromatic heterocycles. The molecule has 0 unspecified atom stereocenters. The maximum Gasteiger partial charge on any atom is 0.312 e. The molecule has 1 atom stereocenters. The number of hydrogen-bond acceptors (Lipinski definition) is 4. The Morgan fingerprint density at radius 3 is 2.57 bits per heavy atom. The molecule has 78 valence electrons. The molecule has 0 aliphatic carbocycles. The van der Waals surface area contributed by atoms with Crippen molar-refractivity contribution in [2.75, 3.05) is 0 Å². The summed E-state index contributed by atoms with van der Waals surface area (Å²) in [5, 5.41) is 23.8. The van der Waals surface area contributed by atoms with E-state index in [0.29, 0.717) is 11.4 Å². The minimum atomic E-state index is -0.562. The number of hydrogen-bond donors (Lipinski definition) is 1. The van der Waals surface area contributed by atoms with E-state index in [-0.39, 0.29) is 12.2 Å². The molecular formula is C8H13N3O3. The topological polar surface area (TPSA) is 81.2 Å². The lowest BCUT2D eigenvalue weighted by molar-refractivity contribution is -0.386. The summed E-state index contributed by atoms with van der Waals surface area (Å²) >= 11 is 0. The van der Waals surface area contributed by atoms with E-state index in [1.54, 1.807) is 20.8 Å². The lowest BCUT2D eigenvalue weighted by atomic mass is 10.3. The van der Waals surface area contributed by atoms with Crippen molar-refractivity contribution in [2.45, 2.75) is 33.4 Å². The molecule has 0 saturated heterocycles. The van der Waals surface area contributed by atoms with Gasteiger partial charge in [0.1, 0.15) is 11.4 Å². The van der Waals surface area contributed by atoms with Gasteiger partial charge in [-0.2, -0.15) is 5.10 Å². The highest BCUT2D eigenvalue weighted by Crippen LogP contribution is 2.21. The molecule has 1 heterocycles. The van der Waals surface area contributed by atoms with Crippen LogP contribution in [0.5, 0.6) is 0 Å². The van der Waals surface area contributed by atoms with Crippen LogP contribution in [-0.4, -0.2) is 25.9 Å². The molecule has 0 aliphatic rings. The molecule has 0 aliphatic heterocycles. The molecule has 0 fully saturated rings. The minimum absolute atomic E-state index is 0.0330. The van der Waals surface area contributed by atoms with Gasteiger partial charge < -0.3 is 5.11 Å². The van der Waals surface area contributed by atoms with Crippen molar-refractivity contribution in [3.63, 3.8) is 0 Å². The second-order valence-electron chi connectivity index (χ2n) is 3.31. The minimum Gasteiger partial charge on any atom is -0.391 e. The van der Waals surface area contributed by atoms with Crippen molar-refractivity contribution >= 4 is 5.69 Å². The first kappa shape index (κ1) is 10.6. The van der Waals surface area contributed by atoms with E-state index >= 15 is 0 Å². The lowest BCUT2D eigenvalue weighted by Crippen LogP contribution is -2.14. The first-order valence-corrected chi connectivity index (χ1v) is 4.30. The van der Waals surface area contributed by atoms with Crippen LogP contribution < -0.4 is 0 Å². The summed E-state index contributed by atoms with van der Waals surface area (Å²) in [6, 6.07) is 0. The Balaban J connectivity index is 3.10. The van der Waals surface area contributed by atoms with Gasteiger partial charge in [0.2, 0.25) is 0 Å². The average Bonchev–Trinajstić information content (AvgIpc) is 2.25. The summed E-state index contributed by atoms with van der Waals surface area (Å²) in [5.41, 5.74) is 0.896.